The average Bonchev–Trinajstić information content (AvgIpc) is 2.63. The summed E-state index contributed by atoms with van der Waals surface area (Å²) in [6.45, 7) is 4.02. The molecule has 0 aliphatic rings. The number of aromatic nitrogens is 2. The van der Waals surface area contributed by atoms with Crippen molar-refractivity contribution in [2.24, 2.45) is 0 Å². The van der Waals surface area contributed by atoms with Crippen LogP contribution in [0.4, 0.5) is 23.0 Å². The molecule has 0 saturated carbocycles. The van der Waals surface area contributed by atoms with Gasteiger partial charge in [0, 0.05) is 18.8 Å². The standard InChI is InChI=1S/C20H22N4O/c1-15(2)25-18-12-8-7-11-17(18)23-19-13-20(22-14-21-19)24(3)16-9-5-4-6-10-16/h4-15H,1-3H3,(H,21,22,23). The van der Waals surface area contributed by atoms with E-state index in [4.69, 9.17) is 4.74 Å². The predicted octanol–water partition coefficient (Wildman–Crippen LogP) is 4.78. The van der Waals surface area contributed by atoms with Crippen molar-refractivity contribution in [2.75, 3.05) is 17.3 Å². The number of ether oxygens (including phenoxy) is 1. The second kappa shape index (κ2) is 7.66. The first kappa shape index (κ1) is 16.8. The van der Waals surface area contributed by atoms with Crippen molar-refractivity contribution >= 4 is 23.0 Å². The highest BCUT2D eigenvalue weighted by Gasteiger charge is 2.09. The summed E-state index contributed by atoms with van der Waals surface area (Å²) >= 11 is 0. The van der Waals surface area contributed by atoms with Crippen molar-refractivity contribution in [3.8, 4) is 5.75 Å². The summed E-state index contributed by atoms with van der Waals surface area (Å²) in [4.78, 5) is 10.7. The molecule has 25 heavy (non-hydrogen) atoms. The Morgan fingerprint density at radius 3 is 2.44 bits per heavy atom. The molecule has 0 aliphatic carbocycles. The predicted molar refractivity (Wildman–Crippen MR) is 102 cm³/mol. The molecule has 5 heteroatoms. The van der Waals surface area contributed by atoms with Gasteiger partial charge in [0.2, 0.25) is 0 Å². The van der Waals surface area contributed by atoms with Gasteiger partial charge >= 0.3 is 0 Å². The van der Waals surface area contributed by atoms with Gasteiger partial charge in [-0.25, -0.2) is 9.97 Å². The second-order valence-electron chi connectivity index (χ2n) is 5.94. The summed E-state index contributed by atoms with van der Waals surface area (Å²) in [5.41, 5.74) is 1.94. The van der Waals surface area contributed by atoms with Crippen LogP contribution in [0.1, 0.15) is 13.8 Å². The highest BCUT2D eigenvalue weighted by atomic mass is 16.5. The maximum absolute atomic E-state index is 5.85. The molecule has 0 unspecified atom stereocenters. The lowest BCUT2D eigenvalue weighted by molar-refractivity contribution is 0.244. The first-order valence-electron chi connectivity index (χ1n) is 8.27. The minimum atomic E-state index is 0.105. The van der Waals surface area contributed by atoms with Crippen molar-refractivity contribution in [2.45, 2.75) is 20.0 Å². The van der Waals surface area contributed by atoms with Crippen LogP contribution in [0.25, 0.3) is 0 Å². The van der Waals surface area contributed by atoms with Gasteiger partial charge in [-0.2, -0.15) is 0 Å². The molecule has 128 valence electrons. The van der Waals surface area contributed by atoms with E-state index in [1.165, 1.54) is 0 Å². The molecule has 0 spiro atoms. The van der Waals surface area contributed by atoms with Gasteiger partial charge in [0.1, 0.15) is 23.7 Å². The van der Waals surface area contributed by atoms with Crippen LogP contribution in [0.3, 0.4) is 0 Å². The molecule has 2 aromatic carbocycles. The molecule has 0 aliphatic heterocycles. The van der Waals surface area contributed by atoms with Crippen molar-refractivity contribution < 1.29 is 4.74 Å². The first-order chi connectivity index (χ1) is 12.1. The Labute approximate surface area is 148 Å². The SMILES string of the molecule is CC(C)Oc1ccccc1Nc1cc(N(C)c2ccccc2)ncn1. The van der Waals surface area contributed by atoms with Crippen molar-refractivity contribution in [1.82, 2.24) is 9.97 Å². The molecule has 1 N–H and O–H groups in total. The summed E-state index contributed by atoms with van der Waals surface area (Å²) in [7, 11) is 1.98. The Hall–Kier alpha value is -3.08. The maximum Gasteiger partial charge on any atom is 0.143 e. The van der Waals surface area contributed by atoms with E-state index >= 15 is 0 Å². The van der Waals surface area contributed by atoms with Gasteiger partial charge in [-0.05, 0) is 38.1 Å². The van der Waals surface area contributed by atoms with Gasteiger partial charge in [-0.15, -0.1) is 0 Å². The van der Waals surface area contributed by atoms with Gasteiger partial charge in [0.25, 0.3) is 0 Å². The summed E-state index contributed by atoms with van der Waals surface area (Å²) in [6.07, 6.45) is 1.66. The van der Waals surface area contributed by atoms with Crippen molar-refractivity contribution in [1.29, 1.82) is 0 Å². The number of benzene rings is 2. The smallest absolute Gasteiger partial charge is 0.143 e. The van der Waals surface area contributed by atoms with Gasteiger partial charge in [-0.3, -0.25) is 0 Å². The number of nitrogens with zero attached hydrogens (tertiary/aromatic N) is 3. The van der Waals surface area contributed by atoms with Crippen LogP contribution in [-0.2, 0) is 0 Å². The fourth-order valence-electron chi connectivity index (χ4n) is 2.45. The van der Waals surface area contributed by atoms with Crippen LogP contribution < -0.4 is 15.0 Å². The molecule has 3 aromatic rings. The zero-order valence-corrected chi connectivity index (χ0v) is 14.7. The number of hydrogen-bond donors (Lipinski definition) is 1. The second-order valence-corrected chi connectivity index (χ2v) is 5.94. The molecule has 0 bridgehead atoms. The summed E-state index contributed by atoms with van der Waals surface area (Å²) < 4.78 is 5.85. The Morgan fingerprint density at radius 2 is 1.68 bits per heavy atom. The van der Waals surface area contributed by atoms with E-state index in [9.17, 15) is 0 Å². The van der Waals surface area contributed by atoms with Crippen molar-refractivity contribution in [3.63, 3.8) is 0 Å². The van der Waals surface area contributed by atoms with Gasteiger partial charge in [0.05, 0.1) is 11.8 Å². The number of rotatable bonds is 6. The highest BCUT2D eigenvalue weighted by Crippen LogP contribution is 2.29. The molecule has 0 amide bonds. The molecule has 1 heterocycles. The lowest BCUT2D eigenvalue weighted by Crippen LogP contribution is -2.12. The fourth-order valence-corrected chi connectivity index (χ4v) is 2.45. The molecule has 0 saturated heterocycles. The van der Waals surface area contributed by atoms with E-state index in [1.807, 2.05) is 86.5 Å². The molecule has 0 radical (unpaired) electrons. The lowest BCUT2D eigenvalue weighted by atomic mass is 10.2. The molecule has 5 nitrogen and oxygen atoms in total. The monoisotopic (exact) mass is 334 g/mol. The van der Waals surface area contributed by atoms with E-state index in [2.05, 4.69) is 15.3 Å². The number of hydrogen-bond acceptors (Lipinski definition) is 5. The maximum atomic E-state index is 5.85. The third kappa shape index (κ3) is 4.26. The quantitative estimate of drug-likeness (QED) is 0.703. The Kier molecular flexibility index (Phi) is 5.14. The van der Waals surface area contributed by atoms with E-state index in [-0.39, 0.29) is 6.10 Å². The van der Waals surface area contributed by atoms with Crippen LogP contribution in [-0.4, -0.2) is 23.1 Å². The Bertz CT molecular complexity index is 821. The highest BCUT2D eigenvalue weighted by molar-refractivity contribution is 5.67. The van der Waals surface area contributed by atoms with Gasteiger partial charge in [0.15, 0.2) is 0 Å². The largest absolute Gasteiger partial charge is 0.489 e. The van der Waals surface area contributed by atoms with Crippen molar-refractivity contribution in [3.05, 3.63) is 67.0 Å². The molecular formula is C20H22N4O. The normalized spacial score (nSPS) is 10.6. The molecule has 0 fully saturated rings. The average molecular weight is 334 g/mol. The zero-order valence-electron chi connectivity index (χ0n) is 14.7. The van der Waals surface area contributed by atoms with E-state index in [0.717, 1.165) is 22.9 Å². The van der Waals surface area contributed by atoms with E-state index < -0.39 is 0 Å². The molecular weight excluding hydrogens is 312 g/mol. The molecule has 3 rings (SSSR count). The van der Waals surface area contributed by atoms with Gasteiger partial charge < -0.3 is 15.0 Å². The first-order valence-corrected chi connectivity index (χ1v) is 8.27. The Morgan fingerprint density at radius 1 is 0.960 bits per heavy atom. The third-order valence-electron chi connectivity index (χ3n) is 3.65. The minimum absolute atomic E-state index is 0.105. The third-order valence-corrected chi connectivity index (χ3v) is 3.65. The van der Waals surface area contributed by atoms with E-state index in [0.29, 0.717) is 5.82 Å². The van der Waals surface area contributed by atoms with Crippen LogP contribution in [0.5, 0.6) is 5.75 Å². The number of para-hydroxylation sites is 3. The van der Waals surface area contributed by atoms with Crippen LogP contribution in [0.2, 0.25) is 0 Å². The number of nitrogens with one attached hydrogen (secondary N) is 1. The van der Waals surface area contributed by atoms with E-state index in [1.54, 1.807) is 6.33 Å². The Balaban J connectivity index is 1.83. The molecule has 1 aromatic heterocycles. The van der Waals surface area contributed by atoms with Crippen LogP contribution in [0.15, 0.2) is 67.0 Å². The summed E-state index contributed by atoms with van der Waals surface area (Å²) in [5, 5.41) is 3.32. The summed E-state index contributed by atoms with van der Waals surface area (Å²) in [5.74, 6) is 2.33. The molecule has 0 atom stereocenters. The number of anilines is 4. The minimum Gasteiger partial charge on any atom is -0.489 e. The van der Waals surface area contributed by atoms with Crippen LogP contribution in [0, 0.1) is 0 Å². The fraction of sp³-hybridized carbons (Fsp3) is 0.200. The van der Waals surface area contributed by atoms with Gasteiger partial charge in [-0.1, -0.05) is 30.3 Å². The zero-order chi connectivity index (χ0) is 17.6. The van der Waals surface area contributed by atoms with Crippen LogP contribution >= 0.6 is 0 Å². The topological polar surface area (TPSA) is 50.3 Å². The lowest BCUT2D eigenvalue weighted by Gasteiger charge is -2.19. The summed E-state index contributed by atoms with van der Waals surface area (Å²) in [6, 6.07) is 19.8.